The summed E-state index contributed by atoms with van der Waals surface area (Å²) in [7, 11) is 0. The van der Waals surface area contributed by atoms with Crippen molar-refractivity contribution >= 4 is 23.3 Å². The number of hydrogen-bond donors (Lipinski definition) is 2. The number of carbonyl (C=O) groups excluding carboxylic acids is 2. The molecule has 0 fully saturated rings. The lowest BCUT2D eigenvalue weighted by Crippen LogP contribution is -2.26. The molecule has 0 saturated carbocycles. The van der Waals surface area contributed by atoms with E-state index in [1.165, 1.54) is 12.1 Å². The molecule has 0 aliphatic heterocycles. The van der Waals surface area contributed by atoms with Gasteiger partial charge in [0.05, 0.1) is 16.8 Å². The predicted octanol–water partition coefficient (Wildman–Crippen LogP) is 5.75. The summed E-state index contributed by atoms with van der Waals surface area (Å²) in [6, 6.07) is 13.2. The number of esters is 2. The Balaban J connectivity index is 0.000000637. The maximum absolute atomic E-state index is 11.8. The third-order valence-corrected chi connectivity index (χ3v) is 4.56. The first-order valence-electron chi connectivity index (χ1n) is 12.1. The highest BCUT2D eigenvalue weighted by atomic mass is 16.6. The number of nitrogen functional groups attached to an aromatic ring is 1. The maximum atomic E-state index is 11.8. The standard InChI is InChI=1S/C13H17NO4.C13H19NO2.C2H6O/c1-9(12(15)18-13(2,3)4)10-5-7-11(8-6-10)14(16)17;1-9(12(15)16-13(2,3)4)10-5-7-11(14)8-6-10;1-2-3/h5-9H,1-4H3;5-9H,14H2,1-4H3;3H,2H2,1H3. The minimum atomic E-state index is -0.536. The van der Waals surface area contributed by atoms with Crippen molar-refractivity contribution in [2.45, 2.75) is 85.4 Å². The number of non-ortho nitro benzene ring substituents is 1. The number of benzene rings is 2. The molecule has 0 aliphatic rings. The molecule has 3 N–H and O–H groups in total. The van der Waals surface area contributed by atoms with Crippen molar-refractivity contribution in [3.8, 4) is 0 Å². The van der Waals surface area contributed by atoms with Crippen molar-refractivity contribution in [2.75, 3.05) is 12.3 Å². The number of aliphatic hydroxyl groups excluding tert-OH is 1. The van der Waals surface area contributed by atoms with Crippen LogP contribution in [-0.4, -0.2) is 39.8 Å². The highest BCUT2D eigenvalue weighted by Gasteiger charge is 2.24. The Morgan fingerprint density at radius 1 is 0.838 bits per heavy atom. The first-order valence-corrected chi connectivity index (χ1v) is 12.1. The van der Waals surface area contributed by atoms with Crippen LogP contribution < -0.4 is 5.73 Å². The zero-order valence-corrected chi connectivity index (χ0v) is 23.4. The second-order valence-electron chi connectivity index (χ2n) is 10.3. The predicted molar refractivity (Wildman–Crippen MR) is 145 cm³/mol. The molecular formula is C28H42N2O7. The summed E-state index contributed by atoms with van der Waals surface area (Å²) in [6.45, 7) is 16.5. The second kappa shape index (κ2) is 14.9. The molecule has 0 amide bonds. The zero-order chi connectivity index (χ0) is 29.0. The van der Waals surface area contributed by atoms with Crippen molar-refractivity contribution < 1.29 is 29.1 Å². The third-order valence-electron chi connectivity index (χ3n) is 4.56. The van der Waals surface area contributed by atoms with E-state index < -0.39 is 22.0 Å². The molecule has 0 spiro atoms. The molecule has 2 aromatic carbocycles. The highest BCUT2D eigenvalue weighted by molar-refractivity contribution is 5.78. The Kier molecular flexibility index (Phi) is 13.5. The van der Waals surface area contributed by atoms with Gasteiger partial charge in [-0.15, -0.1) is 0 Å². The molecule has 0 radical (unpaired) electrons. The number of nitro groups is 1. The third kappa shape index (κ3) is 14.0. The molecule has 0 aliphatic carbocycles. The van der Waals surface area contributed by atoms with Crippen molar-refractivity contribution in [3.05, 3.63) is 69.8 Å². The number of carbonyl (C=O) groups is 2. The summed E-state index contributed by atoms with van der Waals surface area (Å²) < 4.78 is 10.6. The average molecular weight is 519 g/mol. The van der Waals surface area contributed by atoms with Crippen LogP contribution in [0, 0.1) is 10.1 Å². The molecule has 0 heterocycles. The van der Waals surface area contributed by atoms with Crippen LogP contribution in [-0.2, 0) is 19.1 Å². The van der Waals surface area contributed by atoms with E-state index in [4.69, 9.17) is 20.3 Å². The molecule has 2 rings (SSSR count). The van der Waals surface area contributed by atoms with E-state index in [0.29, 0.717) is 11.3 Å². The molecule has 0 saturated heterocycles. The summed E-state index contributed by atoms with van der Waals surface area (Å²) in [5, 5.41) is 18.1. The first-order chi connectivity index (χ1) is 16.9. The van der Waals surface area contributed by atoms with Crippen LogP contribution in [0.1, 0.15) is 85.3 Å². The van der Waals surface area contributed by atoms with Crippen LogP contribution in [0.5, 0.6) is 0 Å². The molecule has 9 nitrogen and oxygen atoms in total. The molecule has 0 aromatic heterocycles. The van der Waals surface area contributed by atoms with Gasteiger partial charge >= 0.3 is 11.9 Å². The number of nitrogens with zero attached hydrogens (tertiary/aromatic N) is 1. The van der Waals surface area contributed by atoms with E-state index in [2.05, 4.69) is 0 Å². The lowest BCUT2D eigenvalue weighted by Gasteiger charge is -2.22. The maximum Gasteiger partial charge on any atom is 0.313 e. The quantitative estimate of drug-likeness (QED) is 0.220. The van der Waals surface area contributed by atoms with Gasteiger partial charge in [0.25, 0.3) is 5.69 Å². The molecule has 37 heavy (non-hydrogen) atoms. The van der Waals surface area contributed by atoms with Gasteiger partial charge in [-0.25, -0.2) is 0 Å². The number of nitro benzene ring substituents is 1. The van der Waals surface area contributed by atoms with E-state index in [-0.39, 0.29) is 30.2 Å². The topological polar surface area (TPSA) is 142 Å². The van der Waals surface area contributed by atoms with Gasteiger partial charge in [0, 0.05) is 24.4 Å². The van der Waals surface area contributed by atoms with Gasteiger partial charge in [-0.2, -0.15) is 0 Å². The van der Waals surface area contributed by atoms with Gasteiger partial charge < -0.3 is 20.3 Å². The number of ether oxygens (including phenoxy) is 2. The van der Waals surface area contributed by atoms with Gasteiger partial charge in [0.1, 0.15) is 11.2 Å². The fourth-order valence-electron chi connectivity index (χ4n) is 2.72. The fraction of sp³-hybridized carbons (Fsp3) is 0.500. The van der Waals surface area contributed by atoms with Crippen LogP contribution in [0.4, 0.5) is 11.4 Å². The summed E-state index contributed by atoms with van der Waals surface area (Å²) >= 11 is 0. The van der Waals surface area contributed by atoms with Crippen molar-refractivity contribution in [1.82, 2.24) is 0 Å². The summed E-state index contributed by atoms with van der Waals surface area (Å²) in [6.07, 6.45) is 0. The van der Waals surface area contributed by atoms with Crippen LogP contribution in [0.15, 0.2) is 48.5 Å². The van der Waals surface area contributed by atoms with Gasteiger partial charge in [-0.1, -0.05) is 24.3 Å². The highest BCUT2D eigenvalue weighted by Crippen LogP contribution is 2.23. The number of anilines is 1. The average Bonchev–Trinajstić information content (AvgIpc) is 2.77. The molecule has 206 valence electrons. The summed E-state index contributed by atoms with van der Waals surface area (Å²) in [5.41, 5.74) is 6.94. The van der Waals surface area contributed by atoms with Gasteiger partial charge in [-0.3, -0.25) is 19.7 Å². The molecule has 2 atom stereocenters. The molecule has 0 bridgehead atoms. The number of nitrogens with two attached hydrogens (primary N) is 1. The van der Waals surface area contributed by atoms with Crippen LogP contribution >= 0.6 is 0 Å². The van der Waals surface area contributed by atoms with Gasteiger partial charge in [0.2, 0.25) is 0 Å². The molecule has 2 aromatic rings. The Morgan fingerprint density at radius 2 is 1.14 bits per heavy atom. The van der Waals surface area contributed by atoms with Crippen molar-refractivity contribution in [2.24, 2.45) is 0 Å². The minimum absolute atomic E-state index is 0.00939. The summed E-state index contributed by atoms with van der Waals surface area (Å²) in [5.74, 6) is -1.25. The number of rotatable bonds is 5. The van der Waals surface area contributed by atoms with Gasteiger partial charge in [-0.05, 0) is 85.6 Å². The lowest BCUT2D eigenvalue weighted by molar-refractivity contribution is -0.384. The smallest absolute Gasteiger partial charge is 0.313 e. The minimum Gasteiger partial charge on any atom is -0.460 e. The molecular weight excluding hydrogens is 476 g/mol. The van der Waals surface area contributed by atoms with Crippen LogP contribution in [0.2, 0.25) is 0 Å². The van der Waals surface area contributed by atoms with E-state index in [9.17, 15) is 19.7 Å². The van der Waals surface area contributed by atoms with E-state index >= 15 is 0 Å². The SMILES string of the molecule is CC(C(=O)OC(C)(C)C)c1ccc(N)cc1.CC(C(=O)OC(C)(C)C)c1ccc([N+](=O)[O-])cc1.CCO. The Labute approximate surface area is 220 Å². The van der Waals surface area contributed by atoms with E-state index in [1.807, 2.05) is 39.8 Å². The molecule has 9 heteroatoms. The number of hydrogen-bond acceptors (Lipinski definition) is 8. The zero-order valence-electron chi connectivity index (χ0n) is 23.4. The fourth-order valence-corrected chi connectivity index (χ4v) is 2.72. The Bertz CT molecular complexity index is 989. The second-order valence-corrected chi connectivity index (χ2v) is 10.3. The normalized spacial score (nSPS) is 12.5. The first kappa shape index (κ1) is 33.5. The van der Waals surface area contributed by atoms with Crippen LogP contribution in [0.3, 0.4) is 0 Å². The lowest BCUT2D eigenvalue weighted by atomic mass is 10.0. The Hall–Kier alpha value is -3.46. The van der Waals surface area contributed by atoms with E-state index in [1.54, 1.807) is 58.9 Å². The molecule has 2 unspecified atom stereocenters. The van der Waals surface area contributed by atoms with E-state index in [0.717, 1.165) is 5.56 Å². The monoisotopic (exact) mass is 518 g/mol. The van der Waals surface area contributed by atoms with Crippen LogP contribution in [0.25, 0.3) is 0 Å². The Morgan fingerprint density at radius 3 is 1.41 bits per heavy atom. The van der Waals surface area contributed by atoms with Gasteiger partial charge in [0.15, 0.2) is 0 Å². The summed E-state index contributed by atoms with van der Waals surface area (Å²) in [4.78, 5) is 33.7. The number of aliphatic hydroxyl groups is 1. The van der Waals surface area contributed by atoms with Crippen molar-refractivity contribution in [3.63, 3.8) is 0 Å². The van der Waals surface area contributed by atoms with Crippen molar-refractivity contribution in [1.29, 1.82) is 0 Å². The largest absolute Gasteiger partial charge is 0.460 e.